The fraction of sp³-hybridized carbons (Fsp3) is 0.667. The number of carboxylic acid groups (broad SMARTS) is 1. The molecule has 1 rings (SSSR count). The van der Waals surface area contributed by atoms with Crippen LogP contribution < -0.4 is 0 Å². The molecule has 0 aromatic rings. The monoisotopic (exact) mass is 128 g/mol. The van der Waals surface area contributed by atoms with Gasteiger partial charge in [-0.2, -0.15) is 0 Å². The summed E-state index contributed by atoms with van der Waals surface area (Å²) in [5.74, 6) is -1.76. The molecule has 3 heteroatoms. The van der Waals surface area contributed by atoms with Crippen LogP contribution in [0.1, 0.15) is 19.3 Å². The molecule has 1 aliphatic carbocycles. The zero-order valence-electron chi connectivity index (χ0n) is 4.96. The molecule has 0 aromatic carbocycles. The Balaban J connectivity index is 2.60. The molecular weight excluding hydrogens is 120 g/mol. The number of hydrogen-bond acceptors (Lipinski definition) is 2. The molecule has 0 heterocycles. The van der Waals surface area contributed by atoms with E-state index < -0.39 is 11.9 Å². The largest absolute Gasteiger partial charge is 0.481 e. The van der Waals surface area contributed by atoms with Crippen molar-refractivity contribution in [3.63, 3.8) is 0 Å². The Kier molecular flexibility index (Phi) is 1.51. The lowest BCUT2D eigenvalue weighted by Gasteiger charge is -1.96. The molecule has 1 atom stereocenters. The molecule has 9 heavy (non-hydrogen) atoms. The smallest absolute Gasteiger partial charge is 0.314 e. The molecule has 1 saturated carbocycles. The van der Waals surface area contributed by atoms with E-state index in [-0.39, 0.29) is 5.78 Å². The van der Waals surface area contributed by atoms with Crippen LogP contribution >= 0.6 is 0 Å². The molecular formula is C6H8O3. The van der Waals surface area contributed by atoms with Crippen LogP contribution in [0.3, 0.4) is 0 Å². The maximum Gasteiger partial charge on any atom is 0.314 e. The third-order valence-corrected chi connectivity index (χ3v) is 1.60. The van der Waals surface area contributed by atoms with Gasteiger partial charge in [-0.1, -0.05) is 0 Å². The van der Waals surface area contributed by atoms with E-state index in [4.69, 9.17) is 5.11 Å². The van der Waals surface area contributed by atoms with E-state index in [1.165, 1.54) is 0 Å². The molecule has 0 saturated heterocycles. The second-order valence-electron chi connectivity index (χ2n) is 2.25. The SMILES string of the molecule is O=C(O)[C@H]1CCCC1=O. The standard InChI is InChI=1S/C6H8O3/c7-5-3-1-2-4(5)6(8)9/h4H,1-3H2,(H,8,9)/t4-/m0/s1. The second-order valence-corrected chi connectivity index (χ2v) is 2.25. The van der Waals surface area contributed by atoms with E-state index >= 15 is 0 Å². The van der Waals surface area contributed by atoms with E-state index in [2.05, 4.69) is 0 Å². The summed E-state index contributed by atoms with van der Waals surface area (Å²) >= 11 is 0. The molecule has 0 spiro atoms. The van der Waals surface area contributed by atoms with Gasteiger partial charge >= 0.3 is 5.97 Å². The third-order valence-electron chi connectivity index (χ3n) is 1.60. The predicted octanol–water partition coefficient (Wildman–Crippen LogP) is 0.440. The van der Waals surface area contributed by atoms with E-state index in [0.29, 0.717) is 12.8 Å². The Hall–Kier alpha value is -0.860. The summed E-state index contributed by atoms with van der Waals surface area (Å²) < 4.78 is 0. The van der Waals surface area contributed by atoms with Gasteiger partial charge in [0.05, 0.1) is 0 Å². The fourth-order valence-electron chi connectivity index (χ4n) is 1.08. The maximum absolute atomic E-state index is 10.6. The minimum atomic E-state index is -0.961. The zero-order valence-corrected chi connectivity index (χ0v) is 4.96. The highest BCUT2D eigenvalue weighted by Crippen LogP contribution is 2.20. The fourth-order valence-corrected chi connectivity index (χ4v) is 1.08. The summed E-state index contributed by atoms with van der Waals surface area (Å²) in [4.78, 5) is 20.8. The van der Waals surface area contributed by atoms with Crippen molar-refractivity contribution in [3.8, 4) is 0 Å². The highest BCUT2D eigenvalue weighted by molar-refractivity contribution is 5.99. The maximum atomic E-state index is 10.6. The van der Waals surface area contributed by atoms with Crippen molar-refractivity contribution in [2.24, 2.45) is 5.92 Å². The molecule has 0 aromatic heterocycles. The second kappa shape index (κ2) is 2.17. The van der Waals surface area contributed by atoms with E-state index in [0.717, 1.165) is 6.42 Å². The number of hydrogen-bond donors (Lipinski definition) is 1. The van der Waals surface area contributed by atoms with Gasteiger partial charge in [0.1, 0.15) is 11.7 Å². The first kappa shape index (κ1) is 6.26. The lowest BCUT2D eigenvalue weighted by atomic mass is 10.1. The van der Waals surface area contributed by atoms with Crippen molar-refractivity contribution >= 4 is 11.8 Å². The normalized spacial score (nSPS) is 26.7. The molecule has 0 radical (unpaired) electrons. The topological polar surface area (TPSA) is 54.4 Å². The van der Waals surface area contributed by atoms with Crippen LogP contribution in [0.15, 0.2) is 0 Å². The summed E-state index contributed by atoms with van der Waals surface area (Å²) in [7, 11) is 0. The van der Waals surface area contributed by atoms with E-state index in [1.807, 2.05) is 0 Å². The Morgan fingerprint density at radius 1 is 1.67 bits per heavy atom. The third kappa shape index (κ3) is 1.09. The summed E-state index contributed by atoms with van der Waals surface area (Å²) in [6.07, 6.45) is 1.74. The minimum absolute atomic E-state index is 0.109. The Bertz CT molecular complexity index is 150. The molecule has 0 aliphatic heterocycles. The zero-order chi connectivity index (χ0) is 6.85. The van der Waals surface area contributed by atoms with Crippen LogP contribution in [0, 0.1) is 5.92 Å². The lowest BCUT2D eigenvalue weighted by Crippen LogP contribution is -2.17. The molecule has 0 amide bonds. The summed E-state index contributed by atoms with van der Waals surface area (Å²) in [5, 5.41) is 8.36. The van der Waals surface area contributed by atoms with Crippen molar-refractivity contribution < 1.29 is 14.7 Å². The van der Waals surface area contributed by atoms with Gasteiger partial charge in [-0.3, -0.25) is 9.59 Å². The Morgan fingerprint density at radius 3 is 2.56 bits per heavy atom. The molecule has 1 fully saturated rings. The van der Waals surface area contributed by atoms with E-state index in [1.54, 1.807) is 0 Å². The highest BCUT2D eigenvalue weighted by atomic mass is 16.4. The summed E-state index contributed by atoms with van der Waals surface area (Å²) in [5.41, 5.74) is 0. The number of carbonyl (C=O) groups excluding carboxylic acids is 1. The molecule has 0 unspecified atom stereocenters. The van der Waals surface area contributed by atoms with Gasteiger partial charge in [0.2, 0.25) is 0 Å². The number of ketones is 1. The average Bonchev–Trinajstić information content (AvgIpc) is 2.13. The van der Waals surface area contributed by atoms with Crippen LogP contribution in [0.4, 0.5) is 0 Å². The molecule has 0 bridgehead atoms. The van der Waals surface area contributed by atoms with Crippen molar-refractivity contribution in [1.29, 1.82) is 0 Å². The van der Waals surface area contributed by atoms with Crippen LogP contribution in [0.25, 0.3) is 0 Å². The Morgan fingerprint density at radius 2 is 2.33 bits per heavy atom. The van der Waals surface area contributed by atoms with Gasteiger partial charge in [-0.05, 0) is 12.8 Å². The van der Waals surface area contributed by atoms with Crippen molar-refractivity contribution in [2.45, 2.75) is 19.3 Å². The number of aliphatic carboxylic acids is 1. The molecule has 50 valence electrons. The van der Waals surface area contributed by atoms with Crippen LogP contribution in [-0.2, 0) is 9.59 Å². The van der Waals surface area contributed by atoms with E-state index in [9.17, 15) is 9.59 Å². The first-order valence-corrected chi connectivity index (χ1v) is 2.97. The lowest BCUT2D eigenvalue weighted by molar-refractivity contribution is -0.144. The Labute approximate surface area is 52.7 Å². The highest BCUT2D eigenvalue weighted by Gasteiger charge is 2.30. The number of Topliss-reactive ketones (excluding diaryl/α,β-unsaturated/α-hetero) is 1. The number of carboxylic acids is 1. The van der Waals surface area contributed by atoms with Crippen molar-refractivity contribution in [1.82, 2.24) is 0 Å². The summed E-state index contributed by atoms with van der Waals surface area (Å²) in [6.45, 7) is 0. The van der Waals surface area contributed by atoms with Gasteiger partial charge < -0.3 is 5.11 Å². The predicted molar refractivity (Wildman–Crippen MR) is 30.0 cm³/mol. The van der Waals surface area contributed by atoms with Gasteiger partial charge in [0.15, 0.2) is 0 Å². The molecule has 1 aliphatic rings. The minimum Gasteiger partial charge on any atom is -0.481 e. The van der Waals surface area contributed by atoms with Crippen LogP contribution in [0.2, 0.25) is 0 Å². The van der Waals surface area contributed by atoms with Crippen LogP contribution in [-0.4, -0.2) is 16.9 Å². The van der Waals surface area contributed by atoms with Crippen molar-refractivity contribution in [2.75, 3.05) is 0 Å². The van der Waals surface area contributed by atoms with Crippen molar-refractivity contribution in [3.05, 3.63) is 0 Å². The van der Waals surface area contributed by atoms with Gasteiger partial charge in [-0.25, -0.2) is 0 Å². The van der Waals surface area contributed by atoms with Gasteiger partial charge in [0, 0.05) is 6.42 Å². The molecule has 1 N–H and O–H groups in total. The quantitative estimate of drug-likeness (QED) is 0.521. The first-order valence-electron chi connectivity index (χ1n) is 2.97. The summed E-state index contributed by atoms with van der Waals surface area (Å²) in [6, 6.07) is 0. The van der Waals surface area contributed by atoms with Gasteiger partial charge in [-0.15, -0.1) is 0 Å². The first-order chi connectivity index (χ1) is 4.22. The van der Waals surface area contributed by atoms with Gasteiger partial charge in [0.25, 0.3) is 0 Å². The average molecular weight is 128 g/mol. The van der Waals surface area contributed by atoms with Crippen LogP contribution in [0.5, 0.6) is 0 Å². The number of carbonyl (C=O) groups is 2. The molecule has 3 nitrogen and oxygen atoms in total. The number of rotatable bonds is 1.